The van der Waals surface area contributed by atoms with E-state index in [1.807, 2.05) is 0 Å². The number of aliphatic hydroxyl groups excluding tert-OH is 3. The molecule has 0 radical (unpaired) electrons. The van der Waals surface area contributed by atoms with Crippen molar-refractivity contribution in [3.8, 4) is 0 Å². The van der Waals surface area contributed by atoms with Gasteiger partial charge < -0.3 is 25.0 Å². The number of H-pyrrole nitrogens is 1. The highest BCUT2D eigenvalue weighted by molar-refractivity contribution is 7.71. The summed E-state index contributed by atoms with van der Waals surface area (Å²) in [5.74, 6) is 0. The molecular formula is C9H10N4O4S. The van der Waals surface area contributed by atoms with Gasteiger partial charge in [-0.25, -0.2) is 9.67 Å². The lowest BCUT2D eigenvalue weighted by Gasteiger charge is -2.15. The molecule has 0 saturated carbocycles. The van der Waals surface area contributed by atoms with Gasteiger partial charge in [-0.1, -0.05) is 12.2 Å². The molecule has 0 aromatic carbocycles. The summed E-state index contributed by atoms with van der Waals surface area (Å²) in [5.41, 5.74) is 0.500. The van der Waals surface area contributed by atoms with Gasteiger partial charge in [-0.05, 0) is 0 Å². The van der Waals surface area contributed by atoms with Crippen LogP contribution in [0.25, 0.3) is 11.0 Å². The van der Waals surface area contributed by atoms with Crippen LogP contribution in [0.5, 0.6) is 0 Å². The van der Waals surface area contributed by atoms with Crippen molar-refractivity contribution in [1.29, 1.82) is 0 Å². The molecule has 2 aromatic heterocycles. The Morgan fingerprint density at radius 2 is 2.11 bits per heavy atom. The third kappa shape index (κ3) is 1.56. The smallest absolute Gasteiger partial charge is 0.186 e. The van der Waals surface area contributed by atoms with Crippen molar-refractivity contribution in [2.45, 2.75) is 24.7 Å². The minimum atomic E-state index is -1.45. The van der Waals surface area contributed by atoms with E-state index in [-0.39, 0.29) is 0 Å². The van der Waals surface area contributed by atoms with E-state index in [0.717, 1.165) is 0 Å². The van der Waals surface area contributed by atoms with Crippen LogP contribution in [0.1, 0.15) is 6.23 Å². The van der Waals surface area contributed by atoms with E-state index in [0.29, 0.717) is 15.7 Å². The zero-order valence-electron chi connectivity index (χ0n) is 8.96. The van der Waals surface area contributed by atoms with Crippen molar-refractivity contribution in [2.75, 3.05) is 0 Å². The molecule has 3 heterocycles. The van der Waals surface area contributed by atoms with Gasteiger partial charge in [0.25, 0.3) is 0 Å². The fraction of sp³-hybridized carbons (Fsp3) is 0.444. The number of aromatic nitrogens is 4. The van der Waals surface area contributed by atoms with Gasteiger partial charge >= 0.3 is 0 Å². The molecule has 0 bridgehead atoms. The summed E-state index contributed by atoms with van der Waals surface area (Å²) in [4.78, 5) is 6.74. The number of nitrogens with one attached hydrogen (secondary N) is 1. The molecule has 3 rings (SSSR count). The summed E-state index contributed by atoms with van der Waals surface area (Å²) in [6.45, 7) is 0. The van der Waals surface area contributed by atoms with Gasteiger partial charge in [0.2, 0.25) is 0 Å². The average Bonchev–Trinajstić information content (AvgIpc) is 2.88. The molecule has 0 unspecified atom stereocenters. The van der Waals surface area contributed by atoms with Gasteiger partial charge in [0.1, 0.15) is 22.5 Å². The van der Waals surface area contributed by atoms with E-state index in [4.69, 9.17) is 17.0 Å². The average molecular weight is 270 g/mol. The summed E-state index contributed by atoms with van der Waals surface area (Å²) in [6, 6.07) is 0. The van der Waals surface area contributed by atoms with Crippen LogP contribution in [0.4, 0.5) is 0 Å². The fourth-order valence-electron chi connectivity index (χ4n) is 1.92. The number of hydrogen-bond donors (Lipinski definition) is 4. The molecule has 96 valence electrons. The number of hydrogen-bond acceptors (Lipinski definition) is 7. The van der Waals surface area contributed by atoms with Crippen molar-refractivity contribution in [3.05, 3.63) is 17.2 Å². The van der Waals surface area contributed by atoms with Crippen LogP contribution in [0.2, 0.25) is 0 Å². The molecule has 18 heavy (non-hydrogen) atoms. The predicted molar refractivity (Wildman–Crippen MR) is 60.9 cm³/mol. The van der Waals surface area contributed by atoms with E-state index < -0.39 is 24.7 Å². The van der Waals surface area contributed by atoms with Crippen LogP contribution in [0.3, 0.4) is 0 Å². The van der Waals surface area contributed by atoms with E-state index >= 15 is 0 Å². The molecule has 1 aliphatic heterocycles. The fourth-order valence-corrected chi connectivity index (χ4v) is 2.12. The topological polar surface area (TPSA) is 116 Å². The molecule has 0 spiro atoms. The van der Waals surface area contributed by atoms with Crippen molar-refractivity contribution < 1.29 is 20.1 Å². The van der Waals surface area contributed by atoms with Gasteiger partial charge in [-0.2, -0.15) is 5.10 Å². The van der Waals surface area contributed by atoms with E-state index in [1.54, 1.807) is 0 Å². The normalized spacial score (nSPS) is 32.2. The van der Waals surface area contributed by atoms with Crippen molar-refractivity contribution in [3.63, 3.8) is 0 Å². The first kappa shape index (κ1) is 11.7. The van der Waals surface area contributed by atoms with E-state index in [9.17, 15) is 15.3 Å². The minimum absolute atomic E-state index is 0.364. The molecule has 8 nitrogen and oxygen atoms in total. The number of ether oxygens (including phenoxy) is 1. The van der Waals surface area contributed by atoms with E-state index in [2.05, 4.69) is 15.1 Å². The number of nitrogens with zero attached hydrogens (tertiary/aromatic N) is 3. The molecule has 0 aliphatic carbocycles. The van der Waals surface area contributed by atoms with Crippen LogP contribution in [0, 0.1) is 4.64 Å². The number of aromatic amines is 1. The molecule has 1 fully saturated rings. The Hall–Kier alpha value is -1.39. The summed E-state index contributed by atoms with van der Waals surface area (Å²) < 4.78 is 6.74. The second kappa shape index (κ2) is 4.07. The Bertz CT molecular complexity index is 641. The number of aliphatic hydroxyl groups is 3. The maximum absolute atomic E-state index is 9.78. The first-order valence-electron chi connectivity index (χ1n) is 5.20. The third-order valence-corrected chi connectivity index (χ3v) is 3.19. The van der Waals surface area contributed by atoms with Crippen LogP contribution < -0.4 is 0 Å². The third-order valence-electron chi connectivity index (χ3n) is 2.86. The van der Waals surface area contributed by atoms with Gasteiger partial charge in [-0.3, -0.25) is 0 Å². The Labute approximate surface area is 105 Å². The zero-order valence-corrected chi connectivity index (χ0v) is 9.78. The molecule has 4 atom stereocenters. The summed E-state index contributed by atoms with van der Waals surface area (Å²) in [6.07, 6.45) is -2.21. The summed E-state index contributed by atoms with van der Waals surface area (Å²) in [7, 11) is 0. The highest BCUT2D eigenvalue weighted by Crippen LogP contribution is 2.29. The molecule has 9 heteroatoms. The highest BCUT2D eigenvalue weighted by Gasteiger charge is 2.43. The van der Waals surface area contributed by atoms with Crippen molar-refractivity contribution >= 4 is 23.3 Å². The molecule has 4 N–H and O–H groups in total. The first-order chi connectivity index (χ1) is 8.59. The zero-order chi connectivity index (χ0) is 12.9. The Morgan fingerprint density at radius 1 is 1.33 bits per heavy atom. The minimum Gasteiger partial charge on any atom is -0.385 e. The summed E-state index contributed by atoms with van der Waals surface area (Å²) >= 11 is 5.03. The number of rotatable bonds is 1. The van der Waals surface area contributed by atoms with Gasteiger partial charge in [0, 0.05) is 0 Å². The maximum Gasteiger partial charge on any atom is 0.186 e. The lowest BCUT2D eigenvalue weighted by molar-refractivity contribution is -0.143. The Morgan fingerprint density at radius 3 is 2.78 bits per heavy atom. The standard InChI is InChI=1S/C9H10N4O4S/c14-4-5(15)9(16)17-8(4)13-6-3(1-12-13)7(18)11-2-10-6/h1-2,4-5,8-9,14-16H,(H,10,11,18)/t4-,5+,8-,9-/m1/s1. The molecule has 1 aliphatic rings. The summed E-state index contributed by atoms with van der Waals surface area (Å²) in [5, 5.41) is 33.2. The lowest BCUT2D eigenvalue weighted by atomic mass is 10.2. The van der Waals surface area contributed by atoms with Crippen LogP contribution in [0.15, 0.2) is 12.5 Å². The largest absolute Gasteiger partial charge is 0.385 e. The van der Waals surface area contributed by atoms with Gasteiger partial charge in [0.05, 0.1) is 17.9 Å². The molecular weight excluding hydrogens is 260 g/mol. The lowest BCUT2D eigenvalue weighted by Crippen LogP contribution is -2.31. The van der Waals surface area contributed by atoms with E-state index in [1.165, 1.54) is 17.2 Å². The quantitative estimate of drug-likeness (QED) is 0.494. The van der Waals surface area contributed by atoms with Crippen LogP contribution >= 0.6 is 12.2 Å². The maximum atomic E-state index is 9.78. The Balaban J connectivity index is 2.11. The highest BCUT2D eigenvalue weighted by atomic mass is 32.1. The number of fused-ring (bicyclic) bond motifs is 1. The van der Waals surface area contributed by atoms with Gasteiger partial charge in [0.15, 0.2) is 12.5 Å². The second-order valence-corrected chi connectivity index (χ2v) is 4.34. The van der Waals surface area contributed by atoms with Crippen LogP contribution in [-0.2, 0) is 4.74 Å². The van der Waals surface area contributed by atoms with Crippen LogP contribution in [-0.4, -0.2) is 53.6 Å². The molecule has 2 aromatic rings. The Kier molecular flexibility index (Phi) is 2.64. The SMILES string of the molecule is O[C@@H]1[C@H](O)[C@H](O)O[C@H]1n1ncc2c(=S)nc[nH]c21. The van der Waals surface area contributed by atoms with Crippen molar-refractivity contribution in [1.82, 2.24) is 19.7 Å². The van der Waals surface area contributed by atoms with Gasteiger partial charge in [-0.15, -0.1) is 0 Å². The molecule has 1 saturated heterocycles. The molecule has 0 amide bonds. The monoisotopic (exact) mass is 270 g/mol. The predicted octanol–water partition coefficient (Wildman–Crippen LogP) is -0.942. The first-order valence-corrected chi connectivity index (χ1v) is 5.61. The second-order valence-electron chi connectivity index (χ2n) is 3.96. The van der Waals surface area contributed by atoms with Crippen molar-refractivity contribution in [2.24, 2.45) is 0 Å².